The molecule has 0 heterocycles. The normalized spacial score (nSPS) is 10.2. The molecule has 0 saturated heterocycles. The molecular weight excluding hydrogens is 246 g/mol. The minimum atomic E-state index is -0.635. The van der Waals surface area contributed by atoms with Crippen LogP contribution >= 0.6 is 0 Å². The number of hydrogen-bond donors (Lipinski definition) is 1. The molecule has 0 radical (unpaired) electrons. The van der Waals surface area contributed by atoms with Gasteiger partial charge in [0.15, 0.2) is 5.75 Å². The van der Waals surface area contributed by atoms with Gasteiger partial charge in [0.1, 0.15) is 5.75 Å². The average molecular weight is 259 g/mol. The van der Waals surface area contributed by atoms with E-state index < -0.39 is 10.7 Å². The summed E-state index contributed by atoms with van der Waals surface area (Å²) < 4.78 is 5.48. The van der Waals surface area contributed by atoms with E-state index in [4.69, 9.17) is 4.74 Å². The Bertz CT molecular complexity index is 620. The maximum absolute atomic E-state index is 10.8. The van der Waals surface area contributed by atoms with Crippen molar-refractivity contribution in [1.82, 2.24) is 0 Å². The highest BCUT2D eigenvalue weighted by atomic mass is 16.6. The predicted octanol–water partition coefficient (Wildman–Crippen LogP) is 3.71. The summed E-state index contributed by atoms with van der Waals surface area (Å²) in [5, 5.41) is 20.6. The molecule has 0 unspecified atom stereocenters. The van der Waals surface area contributed by atoms with E-state index in [0.29, 0.717) is 11.3 Å². The van der Waals surface area contributed by atoms with Crippen molar-refractivity contribution in [2.75, 3.05) is 0 Å². The first-order valence-corrected chi connectivity index (χ1v) is 5.70. The van der Waals surface area contributed by atoms with Crippen LogP contribution in [0.3, 0.4) is 0 Å². The van der Waals surface area contributed by atoms with Crippen molar-refractivity contribution in [2.45, 2.75) is 13.8 Å². The molecule has 19 heavy (non-hydrogen) atoms. The van der Waals surface area contributed by atoms with E-state index in [0.717, 1.165) is 5.56 Å². The lowest BCUT2D eigenvalue weighted by molar-refractivity contribution is -0.386. The molecule has 0 aliphatic rings. The van der Waals surface area contributed by atoms with Gasteiger partial charge in [-0.3, -0.25) is 10.1 Å². The molecule has 0 saturated carbocycles. The Morgan fingerprint density at radius 3 is 2.32 bits per heavy atom. The molecule has 2 aromatic rings. The first-order chi connectivity index (χ1) is 8.97. The molecule has 5 nitrogen and oxygen atoms in total. The van der Waals surface area contributed by atoms with Gasteiger partial charge in [-0.2, -0.15) is 0 Å². The number of rotatable bonds is 3. The van der Waals surface area contributed by atoms with Crippen molar-refractivity contribution >= 4 is 5.69 Å². The Hall–Kier alpha value is -2.56. The first kappa shape index (κ1) is 12.9. The number of phenolic OH excluding ortho intramolecular Hbond substituents is 1. The van der Waals surface area contributed by atoms with Gasteiger partial charge in [-0.15, -0.1) is 0 Å². The van der Waals surface area contributed by atoms with Crippen LogP contribution in [0, 0.1) is 24.0 Å². The molecule has 0 aliphatic heterocycles. The maximum Gasteiger partial charge on any atom is 0.314 e. The van der Waals surface area contributed by atoms with E-state index in [1.165, 1.54) is 6.07 Å². The summed E-state index contributed by atoms with van der Waals surface area (Å²) in [6, 6.07) is 10.1. The van der Waals surface area contributed by atoms with Crippen LogP contribution < -0.4 is 4.74 Å². The van der Waals surface area contributed by atoms with Gasteiger partial charge in [0.25, 0.3) is 0 Å². The van der Waals surface area contributed by atoms with E-state index in [1.54, 1.807) is 25.1 Å². The van der Waals surface area contributed by atoms with Crippen LogP contribution in [-0.4, -0.2) is 10.0 Å². The number of nitro groups is 1. The summed E-state index contributed by atoms with van der Waals surface area (Å²) in [5.74, 6) is 0.132. The molecule has 1 N–H and O–H groups in total. The van der Waals surface area contributed by atoms with Crippen LogP contribution in [0.15, 0.2) is 36.4 Å². The van der Waals surface area contributed by atoms with Crippen LogP contribution in [0.25, 0.3) is 0 Å². The van der Waals surface area contributed by atoms with Crippen molar-refractivity contribution in [2.24, 2.45) is 0 Å². The smallest absolute Gasteiger partial charge is 0.314 e. The van der Waals surface area contributed by atoms with Crippen LogP contribution in [-0.2, 0) is 0 Å². The Kier molecular flexibility index (Phi) is 3.37. The molecule has 0 aromatic heterocycles. The van der Waals surface area contributed by atoms with Crippen LogP contribution in [0.5, 0.6) is 17.2 Å². The maximum atomic E-state index is 10.8. The third-order valence-corrected chi connectivity index (χ3v) is 2.64. The summed E-state index contributed by atoms with van der Waals surface area (Å²) in [7, 11) is 0. The zero-order valence-electron chi connectivity index (χ0n) is 10.6. The highest BCUT2D eigenvalue weighted by Crippen LogP contribution is 2.39. The quantitative estimate of drug-likeness (QED) is 0.673. The Morgan fingerprint density at radius 1 is 1.11 bits per heavy atom. The predicted molar refractivity (Wildman–Crippen MR) is 70.8 cm³/mol. The van der Waals surface area contributed by atoms with E-state index in [1.807, 2.05) is 19.1 Å². The molecule has 0 atom stereocenters. The van der Waals surface area contributed by atoms with Crippen LogP contribution in [0.1, 0.15) is 11.1 Å². The number of benzene rings is 2. The SMILES string of the molecule is Cc1ccc(Oc2cc(C)cc([N+](=O)[O-])c2O)cc1. The Morgan fingerprint density at radius 2 is 1.74 bits per heavy atom. The second kappa shape index (κ2) is 4.97. The number of ether oxygens (including phenoxy) is 1. The molecule has 2 rings (SSSR count). The van der Waals surface area contributed by atoms with Gasteiger partial charge in [0.05, 0.1) is 4.92 Å². The molecular formula is C14H13NO4. The lowest BCUT2D eigenvalue weighted by Gasteiger charge is -2.09. The van der Waals surface area contributed by atoms with Gasteiger partial charge < -0.3 is 9.84 Å². The van der Waals surface area contributed by atoms with Gasteiger partial charge in [0.2, 0.25) is 5.75 Å². The number of hydrogen-bond acceptors (Lipinski definition) is 4. The lowest BCUT2D eigenvalue weighted by atomic mass is 10.2. The molecule has 0 spiro atoms. The summed E-state index contributed by atoms with van der Waals surface area (Å²) in [6.45, 7) is 3.65. The zero-order chi connectivity index (χ0) is 14.0. The Labute approximate surface area is 110 Å². The monoisotopic (exact) mass is 259 g/mol. The minimum Gasteiger partial charge on any atom is -0.499 e. The molecule has 0 amide bonds. The van der Waals surface area contributed by atoms with Crippen molar-refractivity contribution in [3.05, 3.63) is 57.6 Å². The fraction of sp³-hybridized carbons (Fsp3) is 0.143. The van der Waals surface area contributed by atoms with Gasteiger partial charge in [0, 0.05) is 6.07 Å². The highest BCUT2D eigenvalue weighted by molar-refractivity contribution is 5.57. The molecule has 5 heteroatoms. The van der Waals surface area contributed by atoms with Crippen molar-refractivity contribution in [1.29, 1.82) is 0 Å². The second-order valence-electron chi connectivity index (χ2n) is 4.30. The zero-order valence-corrected chi connectivity index (χ0v) is 10.6. The summed E-state index contributed by atoms with van der Waals surface area (Å²) in [6.07, 6.45) is 0. The van der Waals surface area contributed by atoms with Gasteiger partial charge in [-0.25, -0.2) is 0 Å². The minimum absolute atomic E-state index is 0.0792. The fourth-order valence-electron chi connectivity index (χ4n) is 1.68. The number of aromatic hydroxyl groups is 1. The number of nitrogens with zero attached hydrogens (tertiary/aromatic N) is 1. The third kappa shape index (κ3) is 2.82. The van der Waals surface area contributed by atoms with Crippen molar-refractivity contribution < 1.29 is 14.8 Å². The van der Waals surface area contributed by atoms with Crippen LogP contribution in [0.4, 0.5) is 5.69 Å². The van der Waals surface area contributed by atoms with Gasteiger partial charge in [-0.05, 0) is 37.6 Å². The standard InChI is InChI=1S/C14H13NO4/c1-9-3-5-11(6-4-9)19-13-8-10(2)7-12(14(13)16)15(17)18/h3-8,16H,1-2H3. The Balaban J connectivity index is 2.39. The molecule has 0 fully saturated rings. The molecule has 0 bridgehead atoms. The fourth-order valence-corrected chi connectivity index (χ4v) is 1.68. The lowest BCUT2D eigenvalue weighted by Crippen LogP contribution is -1.93. The van der Waals surface area contributed by atoms with Gasteiger partial charge >= 0.3 is 5.69 Å². The molecule has 0 aliphatic carbocycles. The third-order valence-electron chi connectivity index (χ3n) is 2.64. The first-order valence-electron chi connectivity index (χ1n) is 5.70. The van der Waals surface area contributed by atoms with Gasteiger partial charge in [-0.1, -0.05) is 17.7 Å². The van der Waals surface area contributed by atoms with E-state index in [9.17, 15) is 15.2 Å². The number of nitro benzene ring substituents is 1. The van der Waals surface area contributed by atoms with E-state index >= 15 is 0 Å². The highest BCUT2D eigenvalue weighted by Gasteiger charge is 2.19. The number of aryl methyl sites for hydroxylation is 2. The number of phenols is 1. The summed E-state index contributed by atoms with van der Waals surface area (Å²) >= 11 is 0. The second-order valence-corrected chi connectivity index (χ2v) is 4.30. The van der Waals surface area contributed by atoms with Crippen LogP contribution in [0.2, 0.25) is 0 Å². The topological polar surface area (TPSA) is 72.6 Å². The van der Waals surface area contributed by atoms with Crippen molar-refractivity contribution in [3.63, 3.8) is 0 Å². The largest absolute Gasteiger partial charge is 0.499 e. The average Bonchev–Trinajstić information content (AvgIpc) is 2.35. The molecule has 98 valence electrons. The molecule has 2 aromatic carbocycles. The summed E-state index contributed by atoms with van der Waals surface area (Å²) in [4.78, 5) is 10.2. The van der Waals surface area contributed by atoms with Crippen molar-refractivity contribution in [3.8, 4) is 17.2 Å². The van der Waals surface area contributed by atoms with E-state index in [-0.39, 0.29) is 11.4 Å². The van der Waals surface area contributed by atoms with E-state index in [2.05, 4.69) is 0 Å². The summed E-state index contributed by atoms with van der Waals surface area (Å²) in [5.41, 5.74) is 1.36.